The van der Waals surface area contributed by atoms with Gasteiger partial charge < -0.3 is 30.3 Å². The molecule has 4 heterocycles. The van der Waals surface area contributed by atoms with E-state index in [-0.39, 0.29) is 41.2 Å². The first-order valence-corrected chi connectivity index (χ1v) is 31.2. The van der Waals surface area contributed by atoms with E-state index in [1.807, 2.05) is 97.1 Å². The van der Waals surface area contributed by atoms with Gasteiger partial charge in [0.1, 0.15) is 29.2 Å². The molecular weight excluding hydrogens is 1120 g/mol. The normalized spacial score (nSPS) is 12.3. The molecule has 14 nitrogen and oxygen atoms in total. The van der Waals surface area contributed by atoms with Crippen molar-refractivity contribution in [3.05, 3.63) is 177 Å². The number of unbranched alkanes of at least 4 members (excludes halogenated alkanes) is 7. The summed E-state index contributed by atoms with van der Waals surface area (Å²) >= 11 is 2.82. The molecule has 0 saturated carbocycles. The number of nitrogens with zero attached hydrogens (tertiary/aromatic N) is 4. The van der Waals surface area contributed by atoms with Gasteiger partial charge >= 0.3 is 11.9 Å². The fraction of sp³-hybridized carbons (Fsp3) is 0.371. The van der Waals surface area contributed by atoms with Crippen molar-refractivity contribution >= 4 is 46.4 Å². The van der Waals surface area contributed by atoms with Crippen molar-refractivity contribution in [1.29, 1.82) is 0 Å². The highest BCUT2D eigenvalue weighted by molar-refractivity contribution is 7.14. The molecule has 0 fully saturated rings. The average Bonchev–Trinajstić information content (AvgIpc) is 2.85. The topological polar surface area (TPSA) is 203 Å². The second-order valence-electron chi connectivity index (χ2n) is 24.5. The minimum Gasteiger partial charge on any atom is -0.508 e. The highest BCUT2D eigenvalue weighted by Gasteiger charge is 2.29. The lowest BCUT2D eigenvalue weighted by atomic mass is 9.95. The zero-order chi connectivity index (χ0) is 62.0. The maximum absolute atomic E-state index is 13.1. The molecule has 4 N–H and O–H groups in total. The molecule has 8 rings (SSSR count). The number of carboxylic acid groups (broad SMARTS) is 1. The summed E-state index contributed by atoms with van der Waals surface area (Å²) in [5.74, 6) is -0.00691. The van der Waals surface area contributed by atoms with Crippen LogP contribution in [-0.4, -0.2) is 78.2 Å². The first kappa shape index (κ1) is 65.5. The van der Waals surface area contributed by atoms with Gasteiger partial charge in [0.25, 0.3) is 11.8 Å². The van der Waals surface area contributed by atoms with Crippen molar-refractivity contribution in [2.45, 2.75) is 162 Å². The van der Waals surface area contributed by atoms with Crippen molar-refractivity contribution < 1.29 is 38.9 Å². The minimum atomic E-state index is -1.08. The number of carboxylic acids is 1. The fourth-order valence-electron chi connectivity index (χ4n) is 9.08. The van der Waals surface area contributed by atoms with Crippen molar-refractivity contribution in [1.82, 2.24) is 30.6 Å². The van der Waals surface area contributed by atoms with Crippen LogP contribution in [0.2, 0.25) is 0 Å². The van der Waals surface area contributed by atoms with E-state index in [1.165, 1.54) is 67.6 Å². The van der Waals surface area contributed by atoms with Crippen LogP contribution in [0.15, 0.2) is 146 Å². The number of hydrogen-bond acceptors (Lipinski definition) is 13. The summed E-state index contributed by atoms with van der Waals surface area (Å²) in [7, 11) is 0. The number of benzene rings is 4. The molecule has 4 aromatic carbocycles. The number of hydrogen-bond donors (Lipinski definition) is 4. The molecule has 0 aliphatic rings. The monoisotopic (exact) mass is 1200 g/mol. The average molecular weight is 1200 g/mol. The molecule has 0 unspecified atom stereocenters. The highest BCUT2D eigenvalue weighted by Crippen LogP contribution is 2.32. The number of aromatic hydroxyl groups is 1. The standard InChI is InChI=1S/C38H47N3O4S.C32H35N3O4S/c1-5-6-7-8-9-10-11-12-23-45-31-19-17-28(18-20-31)30-25-39-35(40-26-30)29-15-13-27(14-16-29)24-32(37(43)44)41-36(42)33-21-22-34(46-33)38(2,3)4;1-31(2,3)27-16-15-26(40-27)29(37)35-25(30(38)39-32(4,5)6)17-20-7-9-22(10-8-20)28-33-18-23(19-34-28)21-11-13-24(36)14-12-21/h13-22,25-26,32H,5-12,23-24H2,1-4H3,(H,41,42)(H,43,44);7-16,18-19,25,36H,17H2,1-6H3,(H,35,37)/t32-;25-/m00/s1. The number of aliphatic carboxylic acids is 1. The highest BCUT2D eigenvalue weighted by atomic mass is 32.1. The lowest BCUT2D eigenvalue weighted by Crippen LogP contribution is -2.45. The molecule has 16 heteroatoms. The van der Waals surface area contributed by atoms with Gasteiger partial charge in [-0.05, 0) is 109 Å². The Labute approximate surface area is 515 Å². The SMILES string of the molecule is CC(C)(C)OC(=O)[C@H](Cc1ccc(-c2ncc(-c3ccc(O)cc3)cn2)cc1)NC(=O)c1ccc(C(C)(C)C)s1.CCCCCCCCCCOc1ccc(-c2cnc(-c3ccc(C[C@H](NC(=O)c4ccc(C(C)(C)C)s4)C(=O)O)cc3)nc2)cc1. The number of carbonyl (C=O) groups excluding carboxylic acids is 3. The number of amides is 2. The van der Waals surface area contributed by atoms with Gasteiger partial charge in [-0.1, -0.05) is 166 Å². The summed E-state index contributed by atoms with van der Waals surface area (Å²) in [5.41, 5.74) is 6.16. The van der Waals surface area contributed by atoms with Gasteiger partial charge in [0.15, 0.2) is 11.6 Å². The maximum Gasteiger partial charge on any atom is 0.329 e. The lowest BCUT2D eigenvalue weighted by molar-refractivity contribution is -0.157. The first-order chi connectivity index (χ1) is 40.9. The third-order valence-electron chi connectivity index (χ3n) is 14.0. The van der Waals surface area contributed by atoms with Crippen LogP contribution in [0.1, 0.15) is 161 Å². The number of rotatable bonds is 24. The number of phenols is 1. The lowest BCUT2D eigenvalue weighted by Gasteiger charge is -2.24. The van der Waals surface area contributed by atoms with Crippen molar-refractivity contribution in [2.75, 3.05) is 6.61 Å². The third kappa shape index (κ3) is 20.0. The maximum atomic E-state index is 13.1. The van der Waals surface area contributed by atoms with Gasteiger partial charge in [0.05, 0.1) is 16.4 Å². The van der Waals surface area contributed by atoms with E-state index in [1.54, 1.807) is 69.8 Å². The quantitative estimate of drug-likeness (QED) is 0.0330. The van der Waals surface area contributed by atoms with Crippen LogP contribution in [0.4, 0.5) is 0 Å². The summed E-state index contributed by atoms with van der Waals surface area (Å²) in [6.45, 7) is 20.9. The fourth-order valence-corrected chi connectivity index (χ4v) is 11.0. The van der Waals surface area contributed by atoms with Crippen LogP contribution in [0.5, 0.6) is 11.5 Å². The number of aromatic nitrogens is 4. The van der Waals surface area contributed by atoms with Gasteiger partial charge in [0, 0.05) is 69.6 Å². The Hall–Kier alpha value is -8.08. The van der Waals surface area contributed by atoms with E-state index < -0.39 is 29.6 Å². The Balaban J connectivity index is 0.000000248. The van der Waals surface area contributed by atoms with Gasteiger partial charge in [-0.25, -0.2) is 29.5 Å². The number of carbonyl (C=O) groups is 4. The van der Waals surface area contributed by atoms with E-state index in [0.717, 1.165) is 73.0 Å². The van der Waals surface area contributed by atoms with Gasteiger partial charge in [-0.15, -0.1) is 22.7 Å². The molecule has 86 heavy (non-hydrogen) atoms. The number of ether oxygens (including phenoxy) is 2. The first-order valence-electron chi connectivity index (χ1n) is 29.6. The summed E-state index contributed by atoms with van der Waals surface area (Å²) < 4.78 is 11.6. The third-order valence-corrected chi connectivity index (χ3v) is 17.0. The predicted octanol–water partition coefficient (Wildman–Crippen LogP) is 15.7. The van der Waals surface area contributed by atoms with E-state index in [0.29, 0.717) is 21.4 Å². The summed E-state index contributed by atoms with van der Waals surface area (Å²) in [4.78, 5) is 72.3. The Morgan fingerprint density at radius 3 is 1.29 bits per heavy atom. The minimum absolute atomic E-state index is 0.0644. The smallest absolute Gasteiger partial charge is 0.329 e. The summed E-state index contributed by atoms with van der Waals surface area (Å²) in [6, 6.07) is 35.5. The summed E-state index contributed by atoms with van der Waals surface area (Å²) in [6.07, 6.45) is 17.8. The second-order valence-corrected chi connectivity index (χ2v) is 26.7. The zero-order valence-corrected chi connectivity index (χ0v) is 52.9. The Kier molecular flexibility index (Phi) is 23.1. The van der Waals surface area contributed by atoms with E-state index in [9.17, 15) is 29.4 Å². The summed E-state index contributed by atoms with van der Waals surface area (Å²) in [5, 5.41) is 24.9. The second kappa shape index (κ2) is 30.3. The molecule has 0 spiro atoms. The van der Waals surface area contributed by atoms with Crippen LogP contribution in [0, 0.1) is 0 Å². The molecule has 0 aliphatic heterocycles. The predicted molar refractivity (Wildman–Crippen MR) is 345 cm³/mol. The van der Waals surface area contributed by atoms with Crippen LogP contribution < -0.4 is 15.4 Å². The molecule has 452 valence electrons. The largest absolute Gasteiger partial charge is 0.508 e. The Morgan fingerprint density at radius 2 is 0.884 bits per heavy atom. The number of esters is 1. The van der Waals surface area contributed by atoms with Crippen molar-refractivity contribution in [2.24, 2.45) is 0 Å². The Morgan fingerprint density at radius 1 is 0.488 bits per heavy atom. The molecule has 0 aliphatic carbocycles. The number of nitrogens with one attached hydrogen (secondary N) is 2. The Bertz CT molecular complexity index is 3450. The molecule has 0 saturated heterocycles. The van der Waals surface area contributed by atoms with Crippen LogP contribution in [0.25, 0.3) is 45.0 Å². The van der Waals surface area contributed by atoms with Crippen molar-refractivity contribution in [3.8, 4) is 56.5 Å². The molecule has 0 radical (unpaired) electrons. The molecule has 4 aromatic heterocycles. The van der Waals surface area contributed by atoms with E-state index >= 15 is 0 Å². The molecule has 8 aromatic rings. The van der Waals surface area contributed by atoms with Gasteiger partial charge in [-0.3, -0.25) is 9.59 Å². The molecule has 2 atom stereocenters. The van der Waals surface area contributed by atoms with Crippen LogP contribution in [-0.2, 0) is 38.0 Å². The van der Waals surface area contributed by atoms with Gasteiger partial charge in [0.2, 0.25) is 0 Å². The number of phenolic OH excluding ortho intramolecular Hbond substituents is 1. The van der Waals surface area contributed by atoms with Crippen LogP contribution in [0.3, 0.4) is 0 Å². The molecular formula is C70H82N6O8S2. The number of thiophene rings is 2. The van der Waals surface area contributed by atoms with E-state index in [4.69, 9.17) is 9.47 Å². The van der Waals surface area contributed by atoms with E-state index in [2.05, 4.69) is 79.0 Å². The molecule has 2 amide bonds. The van der Waals surface area contributed by atoms with Crippen LogP contribution >= 0.6 is 22.7 Å². The van der Waals surface area contributed by atoms with Gasteiger partial charge in [-0.2, -0.15) is 0 Å². The molecule has 0 bridgehead atoms. The zero-order valence-electron chi connectivity index (χ0n) is 51.2. The van der Waals surface area contributed by atoms with Crippen molar-refractivity contribution in [3.63, 3.8) is 0 Å².